The highest BCUT2D eigenvalue weighted by Gasteiger charge is 2.27. The SMILES string of the molecule is COc1ccc(NC(=O)[C@H](C(C)C)n2nnc3ccccc3c2=O)cc1OC. The van der Waals surface area contributed by atoms with Gasteiger partial charge in [-0.25, -0.2) is 0 Å². The Morgan fingerprint density at radius 3 is 2.46 bits per heavy atom. The summed E-state index contributed by atoms with van der Waals surface area (Å²) in [5, 5.41) is 11.3. The van der Waals surface area contributed by atoms with Crippen molar-refractivity contribution in [3.05, 3.63) is 52.8 Å². The second kappa shape index (κ2) is 8.08. The monoisotopic (exact) mass is 382 g/mol. The van der Waals surface area contributed by atoms with Gasteiger partial charge in [-0.15, -0.1) is 5.10 Å². The fourth-order valence-corrected chi connectivity index (χ4v) is 3.01. The Labute approximate surface area is 162 Å². The maximum absolute atomic E-state index is 13.0. The van der Waals surface area contributed by atoms with Crippen LogP contribution in [0.4, 0.5) is 5.69 Å². The van der Waals surface area contributed by atoms with Crippen LogP contribution in [0.1, 0.15) is 19.9 Å². The number of ether oxygens (including phenoxy) is 2. The molecule has 0 saturated carbocycles. The number of rotatable bonds is 6. The molecule has 2 aromatic carbocycles. The third-order valence-corrected chi connectivity index (χ3v) is 4.41. The van der Waals surface area contributed by atoms with Gasteiger partial charge < -0.3 is 14.8 Å². The van der Waals surface area contributed by atoms with E-state index in [0.29, 0.717) is 28.1 Å². The van der Waals surface area contributed by atoms with Gasteiger partial charge in [-0.05, 0) is 30.2 Å². The summed E-state index contributed by atoms with van der Waals surface area (Å²) in [6.07, 6.45) is 0. The number of hydrogen-bond acceptors (Lipinski definition) is 6. The fraction of sp³-hybridized carbons (Fsp3) is 0.300. The van der Waals surface area contributed by atoms with Gasteiger partial charge in [-0.3, -0.25) is 9.59 Å². The summed E-state index contributed by atoms with van der Waals surface area (Å²) in [5.74, 6) is 0.490. The van der Waals surface area contributed by atoms with E-state index in [0.717, 1.165) is 4.68 Å². The summed E-state index contributed by atoms with van der Waals surface area (Å²) >= 11 is 0. The molecule has 0 unspecified atom stereocenters. The van der Waals surface area contributed by atoms with Crippen molar-refractivity contribution in [3.8, 4) is 11.5 Å². The molecular formula is C20H22N4O4. The van der Waals surface area contributed by atoms with Crippen molar-refractivity contribution in [2.75, 3.05) is 19.5 Å². The molecular weight excluding hydrogens is 360 g/mol. The van der Waals surface area contributed by atoms with Gasteiger partial charge in [0.05, 0.1) is 19.6 Å². The molecule has 0 aliphatic rings. The van der Waals surface area contributed by atoms with Gasteiger partial charge in [-0.2, -0.15) is 4.68 Å². The van der Waals surface area contributed by atoms with Gasteiger partial charge in [0, 0.05) is 11.8 Å². The van der Waals surface area contributed by atoms with Crippen molar-refractivity contribution in [3.63, 3.8) is 0 Å². The van der Waals surface area contributed by atoms with Crippen LogP contribution in [0.5, 0.6) is 11.5 Å². The van der Waals surface area contributed by atoms with Crippen LogP contribution in [0.2, 0.25) is 0 Å². The molecule has 0 radical (unpaired) electrons. The molecule has 0 aliphatic carbocycles. The van der Waals surface area contributed by atoms with Gasteiger partial charge >= 0.3 is 0 Å². The molecule has 146 valence electrons. The Balaban J connectivity index is 1.96. The van der Waals surface area contributed by atoms with Crippen molar-refractivity contribution >= 4 is 22.5 Å². The maximum Gasteiger partial charge on any atom is 0.278 e. The minimum Gasteiger partial charge on any atom is -0.493 e. The molecule has 1 amide bonds. The molecule has 3 aromatic rings. The average Bonchev–Trinajstić information content (AvgIpc) is 2.69. The van der Waals surface area contributed by atoms with Crippen LogP contribution in [-0.2, 0) is 4.79 Å². The summed E-state index contributed by atoms with van der Waals surface area (Å²) < 4.78 is 11.6. The van der Waals surface area contributed by atoms with E-state index in [-0.39, 0.29) is 17.4 Å². The van der Waals surface area contributed by atoms with E-state index in [1.807, 2.05) is 13.8 Å². The zero-order chi connectivity index (χ0) is 20.3. The first-order valence-electron chi connectivity index (χ1n) is 8.83. The van der Waals surface area contributed by atoms with Gasteiger partial charge in [0.15, 0.2) is 11.5 Å². The van der Waals surface area contributed by atoms with Crippen molar-refractivity contribution in [1.29, 1.82) is 0 Å². The number of carbonyl (C=O) groups is 1. The second-order valence-electron chi connectivity index (χ2n) is 6.60. The highest BCUT2D eigenvalue weighted by molar-refractivity contribution is 5.94. The number of carbonyl (C=O) groups excluding carboxylic acids is 1. The summed E-state index contributed by atoms with van der Waals surface area (Å²) in [5.41, 5.74) is 0.661. The normalized spacial score (nSPS) is 12.0. The number of nitrogens with one attached hydrogen (secondary N) is 1. The molecule has 3 rings (SSSR count). The van der Waals surface area contributed by atoms with E-state index in [9.17, 15) is 9.59 Å². The Kier molecular flexibility index (Phi) is 5.58. The van der Waals surface area contributed by atoms with Crippen molar-refractivity contribution < 1.29 is 14.3 Å². The highest BCUT2D eigenvalue weighted by atomic mass is 16.5. The first-order chi connectivity index (χ1) is 13.5. The standard InChI is InChI=1S/C20H22N4O4/c1-12(2)18(24-20(26)14-7-5-6-8-15(14)22-23-24)19(25)21-13-9-10-16(27-3)17(11-13)28-4/h5-12,18H,1-4H3,(H,21,25)/t18-/m0/s1. The van der Waals surface area contributed by atoms with Crippen LogP contribution < -0.4 is 20.3 Å². The molecule has 0 bridgehead atoms. The minimum absolute atomic E-state index is 0.187. The summed E-state index contributed by atoms with van der Waals surface area (Å²) in [6.45, 7) is 3.70. The maximum atomic E-state index is 13.0. The van der Waals surface area contributed by atoms with Crippen molar-refractivity contribution in [2.24, 2.45) is 5.92 Å². The number of hydrogen-bond donors (Lipinski definition) is 1. The molecule has 1 N–H and O–H groups in total. The Hall–Kier alpha value is -3.42. The highest BCUT2D eigenvalue weighted by Crippen LogP contribution is 2.30. The number of methoxy groups -OCH3 is 2. The van der Waals surface area contributed by atoms with Crippen LogP contribution >= 0.6 is 0 Å². The molecule has 8 nitrogen and oxygen atoms in total. The number of anilines is 1. The van der Waals surface area contributed by atoms with Crippen LogP contribution in [0, 0.1) is 5.92 Å². The molecule has 28 heavy (non-hydrogen) atoms. The van der Waals surface area contributed by atoms with E-state index in [2.05, 4.69) is 15.6 Å². The zero-order valence-corrected chi connectivity index (χ0v) is 16.2. The lowest BCUT2D eigenvalue weighted by Crippen LogP contribution is -2.38. The van der Waals surface area contributed by atoms with Gasteiger partial charge in [-0.1, -0.05) is 31.2 Å². The number of amides is 1. The number of benzene rings is 2. The van der Waals surface area contributed by atoms with Crippen molar-refractivity contribution in [1.82, 2.24) is 15.0 Å². The average molecular weight is 382 g/mol. The van der Waals surface area contributed by atoms with Gasteiger partial charge in [0.2, 0.25) is 5.91 Å². The molecule has 0 aliphatic heterocycles. The Morgan fingerprint density at radius 1 is 1.07 bits per heavy atom. The lowest BCUT2D eigenvalue weighted by molar-refractivity contribution is -0.120. The largest absolute Gasteiger partial charge is 0.493 e. The summed E-state index contributed by atoms with van der Waals surface area (Å²) in [4.78, 5) is 25.8. The predicted molar refractivity (Wildman–Crippen MR) is 106 cm³/mol. The van der Waals surface area contributed by atoms with Gasteiger partial charge in [0.25, 0.3) is 5.56 Å². The molecule has 0 fully saturated rings. The Morgan fingerprint density at radius 2 is 1.79 bits per heavy atom. The number of nitrogens with zero attached hydrogens (tertiary/aromatic N) is 3. The third kappa shape index (κ3) is 3.66. The molecule has 1 heterocycles. The van der Waals surface area contributed by atoms with E-state index < -0.39 is 6.04 Å². The van der Waals surface area contributed by atoms with E-state index in [1.165, 1.54) is 14.2 Å². The smallest absolute Gasteiger partial charge is 0.278 e. The molecule has 0 saturated heterocycles. The van der Waals surface area contributed by atoms with Gasteiger partial charge in [0.1, 0.15) is 11.6 Å². The first kappa shape index (κ1) is 19.3. The lowest BCUT2D eigenvalue weighted by atomic mass is 10.0. The molecule has 1 aromatic heterocycles. The van der Waals surface area contributed by atoms with Crippen molar-refractivity contribution in [2.45, 2.75) is 19.9 Å². The quantitative estimate of drug-likeness (QED) is 0.704. The molecule has 0 spiro atoms. The number of aromatic nitrogens is 3. The predicted octanol–water partition coefficient (Wildman–Crippen LogP) is 2.64. The minimum atomic E-state index is -0.822. The first-order valence-corrected chi connectivity index (χ1v) is 8.83. The second-order valence-corrected chi connectivity index (χ2v) is 6.60. The summed E-state index contributed by atoms with van der Waals surface area (Å²) in [7, 11) is 3.06. The van der Waals surface area contributed by atoms with Crippen LogP contribution in [0.3, 0.4) is 0 Å². The van der Waals surface area contributed by atoms with Crippen LogP contribution in [0.25, 0.3) is 10.9 Å². The Bertz CT molecular complexity index is 1060. The van der Waals surface area contributed by atoms with E-state index in [1.54, 1.807) is 42.5 Å². The van der Waals surface area contributed by atoms with E-state index >= 15 is 0 Å². The van der Waals surface area contributed by atoms with Crippen LogP contribution in [0.15, 0.2) is 47.3 Å². The third-order valence-electron chi connectivity index (χ3n) is 4.41. The van der Waals surface area contributed by atoms with E-state index in [4.69, 9.17) is 9.47 Å². The topological polar surface area (TPSA) is 95.3 Å². The zero-order valence-electron chi connectivity index (χ0n) is 16.2. The lowest BCUT2D eigenvalue weighted by Gasteiger charge is -2.21. The number of fused-ring (bicyclic) bond motifs is 1. The van der Waals surface area contributed by atoms with Crippen LogP contribution in [-0.4, -0.2) is 35.1 Å². The molecule has 1 atom stereocenters. The molecule has 8 heteroatoms. The summed E-state index contributed by atoms with van der Waals surface area (Å²) in [6, 6.07) is 11.1. The fourth-order valence-electron chi connectivity index (χ4n) is 3.01.